The fourth-order valence-electron chi connectivity index (χ4n) is 9.02. The number of nitrogens with one attached hydrogen (secondary N) is 3. The molecule has 0 bridgehead atoms. The lowest BCUT2D eigenvalue weighted by Crippen LogP contribution is -2.31. The SMILES string of the molecule is Nc1ncc([C@@H]2CN[C@H](CO)C2)cc1-c1ccc(C(=O)N[C@H](CO)c2cccc(Cl)c2)c(F)c1.Nc1ncc([C@H]2C[C@H]3COC(=S)N3C2)cc1-c1ccc(C(=O)N[C@H](CO)c2cccc(Cl)c2)c(F)c1. The average Bonchev–Trinajstić information content (AvgIpc) is 4.11. The molecule has 3 saturated heterocycles. The van der Waals surface area contributed by atoms with Crippen molar-refractivity contribution in [2.24, 2.45) is 0 Å². The third-order valence-electron chi connectivity index (χ3n) is 12.8. The van der Waals surface area contributed by atoms with Crippen LogP contribution in [0.1, 0.15) is 79.7 Å². The number of rotatable bonds is 13. The number of nitrogens with two attached hydrogens (primary N) is 2. The van der Waals surface area contributed by atoms with Crippen molar-refractivity contribution in [3.63, 3.8) is 0 Å². The number of anilines is 2. The first-order valence-corrected chi connectivity index (χ1v) is 23.6. The van der Waals surface area contributed by atoms with E-state index in [1.54, 1.807) is 73.1 Å². The van der Waals surface area contributed by atoms with Gasteiger partial charge in [-0.15, -0.1) is 0 Å². The molecule has 364 valence electrons. The van der Waals surface area contributed by atoms with E-state index >= 15 is 4.39 Å². The van der Waals surface area contributed by atoms with Gasteiger partial charge < -0.3 is 52.4 Å². The van der Waals surface area contributed by atoms with Crippen LogP contribution in [0.4, 0.5) is 20.4 Å². The molecule has 0 aliphatic carbocycles. The van der Waals surface area contributed by atoms with Gasteiger partial charge in [-0.3, -0.25) is 9.59 Å². The highest BCUT2D eigenvalue weighted by molar-refractivity contribution is 7.80. The Hall–Kier alpha value is -6.31. The maximum atomic E-state index is 15.1. The van der Waals surface area contributed by atoms with Crippen LogP contribution in [0.2, 0.25) is 10.0 Å². The van der Waals surface area contributed by atoms with E-state index in [-0.39, 0.29) is 66.5 Å². The largest absolute Gasteiger partial charge is 0.469 e. The van der Waals surface area contributed by atoms with Gasteiger partial charge >= 0.3 is 0 Å². The predicted molar refractivity (Wildman–Crippen MR) is 268 cm³/mol. The molecule has 0 saturated carbocycles. The van der Waals surface area contributed by atoms with Gasteiger partial charge in [-0.1, -0.05) is 59.6 Å². The van der Waals surface area contributed by atoms with Gasteiger partial charge in [-0.2, -0.15) is 0 Å². The van der Waals surface area contributed by atoms with Crippen molar-refractivity contribution in [1.29, 1.82) is 0 Å². The summed E-state index contributed by atoms with van der Waals surface area (Å²) in [5.74, 6) is -1.83. The summed E-state index contributed by atoms with van der Waals surface area (Å²) in [7, 11) is 0. The number of hydrogen-bond acceptors (Lipinski definition) is 12. The van der Waals surface area contributed by atoms with Crippen molar-refractivity contribution in [2.75, 3.05) is 51.0 Å². The Morgan fingerprint density at radius 3 is 1.71 bits per heavy atom. The number of nitrogens with zero attached hydrogens (tertiary/aromatic N) is 3. The minimum absolute atomic E-state index is 0.0379. The van der Waals surface area contributed by atoms with Gasteiger partial charge in [0.2, 0.25) is 0 Å². The molecule has 19 heteroatoms. The molecular formula is C51H50Cl2F2N8O6S. The van der Waals surface area contributed by atoms with Crippen molar-refractivity contribution in [1.82, 2.24) is 30.8 Å². The molecule has 6 atom stereocenters. The van der Waals surface area contributed by atoms with Crippen molar-refractivity contribution >= 4 is 64.0 Å². The zero-order valence-electron chi connectivity index (χ0n) is 37.5. The van der Waals surface area contributed by atoms with E-state index in [1.165, 1.54) is 24.3 Å². The minimum Gasteiger partial charge on any atom is -0.469 e. The number of benzene rings is 4. The summed E-state index contributed by atoms with van der Waals surface area (Å²) >= 11 is 17.3. The Morgan fingerprint density at radius 2 is 1.27 bits per heavy atom. The zero-order chi connectivity index (χ0) is 49.6. The molecular weight excluding hydrogens is 962 g/mol. The van der Waals surface area contributed by atoms with E-state index in [9.17, 15) is 29.3 Å². The fraction of sp³-hybridized carbons (Fsp3) is 0.275. The molecule has 9 rings (SSSR count). The number of halogens is 4. The highest BCUT2D eigenvalue weighted by Gasteiger charge is 2.40. The number of thiocarbonyl (C=S) groups is 1. The lowest BCUT2D eigenvalue weighted by Gasteiger charge is -2.18. The van der Waals surface area contributed by atoms with Crippen molar-refractivity contribution in [3.8, 4) is 22.3 Å². The Morgan fingerprint density at radius 1 is 0.757 bits per heavy atom. The number of pyridine rings is 2. The van der Waals surface area contributed by atoms with Crippen LogP contribution in [0.3, 0.4) is 0 Å². The smallest absolute Gasteiger partial charge is 0.259 e. The van der Waals surface area contributed by atoms with E-state index < -0.39 is 35.5 Å². The second-order valence-electron chi connectivity index (χ2n) is 17.4. The van der Waals surface area contributed by atoms with Crippen molar-refractivity contribution in [2.45, 2.75) is 48.8 Å². The quantitative estimate of drug-likeness (QED) is 0.0543. The molecule has 14 nitrogen and oxygen atoms in total. The lowest BCUT2D eigenvalue weighted by atomic mass is 9.94. The number of hydrogen-bond donors (Lipinski definition) is 8. The number of amides is 2. The number of carbonyl (C=O) groups excluding carboxylic acids is 2. The molecule has 0 unspecified atom stereocenters. The summed E-state index contributed by atoms with van der Waals surface area (Å²) in [4.78, 5) is 36.2. The zero-order valence-corrected chi connectivity index (χ0v) is 39.8. The maximum Gasteiger partial charge on any atom is 0.259 e. The van der Waals surface area contributed by atoms with Crippen molar-refractivity contribution in [3.05, 3.63) is 165 Å². The molecule has 2 amide bonds. The second-order valence-corrected chi connectivity index (χ2v) is 18.6. The normalized spacial score (nSPS) is 19.1. The van der Waals surface area contributed by atoms with Crippen LogP contribution in [0, 0.1) is 11.6 Å². The first kappa shape index (κ1) is 50.1. The number of aliphatic hydroxyl groups is 3. The molecule has 70 heavy (non-hydrogen) atoms. The summed E-state index contributed by atoms with van der Waals surface area (Å²) in [6.45, 7) is 1.37. The Kier molecular flexibility index (Phi) is 15.9. The second kappa shape index (κ2) is 22.2. The standard InChI is InChI=1S/C26H24ClFN4O3S.C25H26ClFN4O3/c27-18-3-1-2-15(6-18)23(12-33)31-25(34)20-5-4-14(9-22(20)28)21-8-16(10-30-24(21)29)17-7-19-13-35-26(36)32(19)11-17;26-18-3-1-2-15(6-18)23(13-33)31-25(34)20-5-4-14(9-22(20)27)21-8-17(11-30-24(21)28)16-7-19(12-32)29-10-16/h1-6,8-10,17,19,23,33H,7,11-13H2,(H2,29,30)(H,31,34);1-6,8-9,11,16,19,23,29,32-33H,7,10,12-13H2,(H2,28,30)(H,31,34)/t17-,19-,23+;16-,19-,23+/m00/s1. The Balaban J connectivity index is 0.000000189. The number of nitrogen functional groups attached to an aromatic ring is 2. The number of fused-ring (bicyclic) bond motifs is 1. The third-order valence-corrected chi connectivity index (χ3v) is 13.7. The molecule has 2 aromatic heterocycles. The van der Waals surface area contributed by atoms with Crippen LogP contribution >= 0.6 is 35.4 Å². The highest BCUT2D eigenvalue weighted by atomic mass is 35.5. The van der Waals surface area contributed by atoms with Gasteiger partial charge in [-0.25, -0.2) is 18.7 Å². The van der Waals surface area contributed by atoms with E-state index in [0.717, 1.165) is 30.5 Å². The number of aliphatic hydroxyl groups excluding tert-OH is 3. The monoisotopic (exact) mass is 1010 g/mol. The van der Waals surface area contributed by atoms with Gasteiger partial charge in [-0.05, 0) is 125 Å². The topological polar surface area (TPSA) is 221 Å². The summed E-state index contributed by atoms with van der Waals surface area (Å²) < 4.78 is 35.5. The molecule has 0 radical (unpaired) electrons. The van der Waals surface area contributed by atoms with Gasteiger partial charge in [0.05, 0.1) is 49.1 Å². The Labute approximate surface area is 418 Å². The molecule has 6 aromatic rings. The summed E-state index contributed by atoms with van der Waals surface area (Å²) in [6.07, 6.45) is 5.11. The average molecular weight is 1010 g/mol. The molecule has 3 aliphatic heterocycles. The third kappa shape index (κ3) is 11.3. The first-order chi connectivity index (χ1) is 33.7. The van der Waals surface area contributed by atoms with Gasteiger partial charge in [0, 0.05) is 58.6 Å². The van der Waals surface area contributed by atoms with E-state index in [0.29, 0.717) is 61.8 Å². The molecule has 10 N–H and O–H groups in total. The Bertz CT molecular complexity index is 2920. The number of aromatic nitrogens is 2. The summed E-state index contributed by atoms with van der Waals surface area (Å²) in [6, 6.07) is 24.7. The van der Waals surface area contributed by atoms with Crippen LogP contribution in [-0.2, 0) is 4.74 Å². The minimum atomic E-state index is -0.732. The lowest BCUT2D eigenvalue weighted by molar-refractivity contribution is 0.0904. The summed E-state index contributed by atoms with van der Waals surface area (Å²) in [5, 5.41) is 38.9. The number of carbonyl (C=O) groups is 2. The van der Waals surface area contributed by atoms with Crippen molar-refractivity contribution < 1.29 is 38.4 Å². The predicted octanol–water partition coefficient (Wildman–Crippen LogP) is 7.08. The summed E-state index contributed by atoms with van der Waals surface area (Å²) in [5.41, 5.74) is 17.3. The number of ether oxygens (including phenoxy) is 1. The molecule has 5 heterocycles. The van der Waals surface area contributed by atoms with Crippen LogP contribution in [-0.4, -0.2) is 98.8 Å². The van der Waals surface area contributed by atoms with Crippen LogP contribution in [0.25, 0.3) is 22.3 Å². The van der Waals surface area contributed by atoms with Gasteiger partial charge in [0.25, 0.3) is 17.0 Å². The molecule has 3 fully saturated rings. The molecule has 0 spiro atoms. The van der Waals surface area contributed by atoms with Crippen LogP contribution in [0.15, 0.2) is 109 Å². The molecule has 3 aliphatic rings. The fourth-order valence-corrected chi connectivity index (χ4v) is 9.70. The van der Waals surface area contributed by atoms with Gasteiger partial charge in [0.1, 0.15) is 29.9 Å². The van der Waals surface area contributed by atoms with Crippen LogP contribution in [0.5, 0.6) is 0 Å². The molecule has 4 aromatic carbocycles. The van der Waals surface area contributed by atoms with E-state index in [4.69, 9.17) is 51.6 Å². The van der Waals surface area contributed by atoms with E-state index in [1.807, 2.05) is 12.1 Å². The van der Waals surface area contributed by atoms with E-state index in [2.05, 4.69) is 30.8 Å². The first-order valence-electron chi connectivity index (χ1n) is 22.5. The maximum absolute atomic E-state index is 15.1. The highest BCUT2D eigenvalue weighted by Crippen LogP contribution is 2.38. The van der Waals surface area contributed by atoms with Crippen LogP contribution < -0.4 is 27.4 Å². The van der Waals surface area contributed by atoms with Gasteiger partial charge in [0.15, 0.2) is 0 Å².